The summed E-state index contributed by atoms with van der Waals surface area (Å²) in [6.45, 7) is 0.349. The standard InChI is InChI=1S/C15H19NO4/c17-13(16-14(15(18)19)12-6-7-12)10-20-9-8-11-4-2-1-3-5-11/h1-5,12,14H,6-10H2,(H,16,17)(H,18,19). The molecule has 0 saturated heterocycles. The second-order valence-electron chi connectivity index (χ2n) is 5.01. The van der Waals surface area contributed by atoms with Gasteiger partial charge in [-0.15, -0.1) is 0 Å². The van der Waals surface area contributed by atoms with Crippen molar-refractivity contribution in [2.24, 2.45) is 5.92 Å². The van der Waals surface area contributed by atoms with Crippen LogP contribution in [0.5, 0.6) is 0 Å². The molecule has 1 saturated carbocycles. The van der Waals surface area contributed by atoms with Gasteiger partial charge >= 0.3 is 5.97 Å². The topological polar surface area (TPSA) is 75.6 Å². The second-order valence-corrected chi connectivity index (χ2v) is 5.01. The molecule has 108 valence electrons. The summed E-state index contributed by atoms with van der Waals surface area (Å²) >= 11 is 0. The van der Waals surface area contributed by atoms with Crippen LogP contribution in [0, 0.1) is 5.92 Å². The first-order valence-electron chi connectivity index (χ1n) is 6.80. The highest BCUT2D eigenvalue weighted by atomic mass is 16.5. The van der Waals surface area contributed by atoms with Crippen molar-refractivity contribution in [1.29, 1.82) is 0 Å². The monoisotopic (exact) mass is 277 g/mol. The maximum absolute atomic E-state index is 11.6. The highest BCUT2D eigenvalue weighted by Gasteiger charge is 2.37. The number of benzene rings is 1. The first kappa shape index (κ1) is 14.5. The van der Waals surface area contributed by atoms with Crippen LogP contribution in [0.2, 0.25) is 0 Å². The van der Waals surface area contributed by atoms with E-state index in [1.807, 2.05) is 30.3 Å². The lowest BCUT2D eigenvalue weighted by atomic mass is 10.2. The van der Waals surface area contributed by atoms with E-state index in [4.69, 9.17) is 9.84 Å². The molecule has 1 unspecified atom stereocenters. The van der Waals surface area contributed by atoms with E-state index < -0.39 is 12.0 Å². The lowest BCUT2D eigenvalue weighted by Crippen LogP contribution is -2.44. The number of carbonyl (C=O) groups excluding carboxylic acids is 1. The van der Waals surface area contributed by atoms with Crippen molar-refractivity contribution in [1.82, 2.24) is 5.32 Å². The molecule has 5 nitrogen and oxygen atoms in total. The molecule has 0 aliphatic heterocycles. The summed E-state index contributed by atoms with van der Waals surface area (Å²) < 4.78 is 5.28. The minimum atomic E-state index is -0.967. The SMILES string of the molecule is O=C(COCCc1ccccc1)NC(C(=O)O)C1CC1. The largest absolute Gasteiger partial charge is 0.480 e. The Hall–Kier alpha value is -1.88. The number of carboxylic acid groups (broad SMARTS) is 1. The average molecular weight is 277 g/mol. The third-order valence-electron chi connectivity index (χ3n) is 3.29. The van der Waals surface area contributed by atoms with Gasteiger partial charge in [0, 0.05) is 0 Å². The number of amides is 1. The third kappa shape index (κ3) is 4.66. The summed E-state index contributed by atoms with van der Waals surface area (Å²) in [7, 11) is 0. The van der Waals surface area contributed by atoms with Gasteiger partial charge in [-0.2, -0.15) is 0 Å². The van der Waals surface area contributed by atoms with Crippen LogP contribution < -0.4 is 5.32 Å². The molecule has 20 heavy (non-hydrogen) atoms. The lowest BCUT2D eigenvalue weighted by molar-refractivity contribution is -0.143. The van der Waals surface area contributed by atoms with Gasteiger partial charge in [0.05, 0.1) is 6.61 Å². The molecule has 0 spiro atoms. The number of nitrogens with one attached hydrogen (secondary N) is 1. The zero-order valence-electron chi connectivity index (χ0n) is 11.2. The number of ether oxygens (including phenoxy) is 1. The number of hydrogen-bond acceptors (Lipinski definition) is 3. The second kappa shape index (κ2) is 7.05. The molecule has 5 heteroatoms. The van der Waals surface area contributed by atoms with Crippen LogP contribution in [0.4, 0.5) is 0 Å². The molecular weight excluding hydrogens is 258 g/mol. The molecule has 1 amide bonds. The molecule has 0 heterocycles. The van der Waals surface area contributed by atoms with Crippen molar-refractivity contribution in [3.05, 3.63) is 35.9 Å². The Kier molecular flexibility index (Phi) is 5.12. The summed E-state index contributed by atoms with van der Waals surface area (Å²) in [5.41, 5.74) is 1.15. The maximum Gasteiger partial charge on any atom is 0.326 e. The normalized spacial score (nSPS) is 15.6. The maximum atomic E-state index is 11.6. The molecule has 1 aromatic rings. The third-order valence-corrected chi connectivity index (χ3v) is 3.29. The molecule has 1 aliphatic carbocycles. The molecular formula is C15H19NO4. The van der Waals surface area contributed by atoms with Gasteiger partial charge in [-0.05, 0) is 30.7 Å². The Labute approximate surface area is 117 Å². The molecule has 1 aliphatic rings. The molecule has 2 rings (SSSR count). The quantitative estimate of drug-likeness (QED) is 0.701. The van der Waals surface area contributed by atoms with Gasteiger partial charge in [0.25, 0.3) is 0 Å². The van der Waals surface area contributed by atoms with Crippen LogP contribution in [0.1, 0.15) is 18.4 Å². The fourth-order valence-electron chi connectivity index (χ4n) is 2.03. The number of hydrogen-bond donors (Lipinski definition) is 2. The van der Waals surface area contributed by atoms with Gasteiger partial charge < -0.3 is 15.2 Å². The van der Waals surface area contributed by atoms with Crippen LogP contribution in [-0.2, 0) is 20.7 Å². The van der Waals surface area contributed by atoms with E-state index in [1.54, 1.807) is 0 Å². The summed E-state index contributed by atoms with van der Waals surface area (Å²) in [6, 6.07) is 9.08. The first-order chi connectivity index (χ1) is 9.66. The Morgan fingerprint density at radius 2 is 2.00 bits per heavy atom. The van der Waals surface area contributed by atoms with Crippen molar-refractivity contribution in [2.75, 3.05) is 13.2 Å². The summed E-state index contributed by atoms with van der Waals surface area (Å²) in [5.74, 6) is -1.25. The summed E-state index contributed by atoms with van der Waals surface area (Å²) in [6.07, 6.45) is 2.47. The van der Waals surface area contributed by atoms with Crippen molar-refractivity contribution in [2.45, 2.75) is 25.3 Å². The predicted octanol–water partition coefficient (Wildman–Crippen LogP) is 1.23. The molecule has 1 fully saturated rings. The summed E-state index contributed by atoms with van der Waals surface area (Å²) in [5, 5.41) is 11.5. The van der Waals surface area contributed by atoms with E-state index in [9.17, 15) is 9.59 Å². The van der Waals surface area contributed by atoms with Crippen LogP contribution >= 0.6 is 0 Å². The number of carbonyl (C=O) groups is 2. The van der Waals surface area contributed by atoms with Crippen LogP contribution in [-0.4, -0.2) is 36.2 Å². The van der Waals surface area contributed by atoms with E-state index in [-0.39, 0.29) is 18.4 Å². The molecule has 1 atom stereocenters. The predicted molar refractivity (Wildman–Crippen MR) is 73.3 cm³/mol. The molecule has 0 aromatic heterocycles. The minimum Gasteiger partial charge on any atom is -0.480 e. The van der Waals surface area contributed by atoms with E-state index in [1.165, 1.54) is 0 Å². The van der Waals surface area contributed by atoms with Crippen molar-refractivity contribution in [3.8, 4) is 0 Å². The van der Waals surface area contributed by atoms with Gasteiger partial charge in [0.15, 0.2) is 0 Å². The van der Waals surface area contributed by atoms with E-state index in [2.05, 4.69) is 5.32 Å². The number of carboxylic acids is 1. The van der Waals surface area contributed by atoms with Gasteiger partial charge in [0.1, 0.15) is 12.6 Å². The molecule has 0 bridgehead atoms. The molecule has 1 aromatic carbocycles. The smallest absolute Gasteiger partial charge is 0.326 e. The Morgan fingerprint density at radius 3 is 2.60 bits per heavy atom. The first-order valence-corrected chi connectivity index (χ1v) is 6.80. The Morgan fingerprint density at radius 1 is 1.30 bits per heavy atom. The highest BCUT2D eigenvalue weighted by Crippen LogP contribution is 2.32. The fraction of sp³-hybridized carbons (Fsp3) is 0.467. The average Bonchev–Trinajstić information content (AvgIpc) is 3.26. The van der Waals surface area contributed by atoms with Gasteiger partial charge in [-0.3, -0.25) is 4.79 Å². The lowest BCUT2D eigenvalue weighted by Gasteiger charge is -2.13. The zero-order chi connectivity index (χ0) is 14.4. The van der Waals surface area contributed by atoms with Gasteiger partial charge in [0.2, 0.25) is 5.91 Å². The van der Waals surface area contributed by atoms with E-state index >= 15 is 0 Å². The fourth-order valence-corrected chi connectivity index (χ4v) is 2.03. The highest BCUT2D eigenvalue weighted by molar-refractivity contribution is 5.84. The minimum absolute atomic E-state index is 0.0840. The number of aliphatic carboxylic acids is 1. The summed E-state index contributed by atoms with van der Waals surface area (Å²) in [4.78, 5) is 22.6. The van der Waals surface area contributed by atoms with Gasteiger partial charge in [-0.25, -0.2) is 4.79 Å². The van der Waals surface area contributed by atoms with Crippen LogP contribution in [0.3, 0.4) is 0 Å². The van der Waals surface area contributed by atoms with Crippen molar-refractivity contribution < 1.29 is 19.4 Å². The van der Waals surface area contributed by atoms with Crippen molar-refractivity contribution >= 4 is 11.9 Å². The molecule has 0 radical (unpaired) electrons. The van der Waals surface area contributed by atoms with Crippen molar-refractivity contribution in [3.63, 3.8) is 0 Å². The van der Waals surface area contributed by atoms with Crippen LogP contribution in [0.15, 0.2) is 30.3 Å². The Bertz CT molecular complexity index is 456. The van der Waals surface area contributed by atoms with Crippen LogP contribution in [0.25, 0.3) is 0 Å². The van der Waals surface area contributed by atoms with E-state index in [0.717, 1.165) is 24.8 Å². The van der Waals surface area contributed by atoms with E-state index in [0.29, 0.717) is 6.61 Å². The molecule has 2 N–H and O–H groups in total. The Balaban J connectivity index is 1.63. The number of rotatable bonds is 8. The zero-order valence-corrected chi connectivity index (χ0v) is 11.2. The van der Waals surface area contributed by atoms with Gasteiger partial charge in [-0.1, -0.05) is 30.3 Å².